The van der Waals surface area contributed by atoms with Crippen molar-refractivity contribution in [2.45, 2.75) is 25.2 Å². The average molecular weight is 226 g/mol. The number of carbonyl (C=O) groups is 1. The van der Waals surface area contributed by atoms with Gasteiger partial charge in [0.2, 0.25) is 5.91 Å². The van der Waals surface area contributed by atoms with E-state index in [0.29, 0.717) is 12.1 Å². The zero-order valence-electron chi connectivity index (χ0n) is 8.57. The molecule has 0 heterocycles. The third-order valence-corrected chi connectivity index (χ3v) is 2.64. The van der Waals surface area contributed by atoms with Gasteiger partial charge < -0.3 is 9.87 Å². The van der Waals surface area contributed by atoms with Crippen LogP contribution in [0.4, 0.5) is 5.69 Å². The van der Waals surface area contributed by atoms with Gasteiger partial charge in [0, 0.05) is 17.0 Å². The molecule has 0 aliphatic carbocycles. The summed E-state index contributed by atoms with van der Waals surface area (Å²) >= 11 is -2.27. The molecule has 0 radical (unpaired) electrons. The Kier molecular flexibility index (Phi) is 3.99. The Morgan fingerprint density at radius 1 is 1.53 bits per heavy atom. The van der Waals surface area contributed by atoms with E-state index in [4.69, 9.17) is 0 Å². The highest BCUT2D eigenvalue weighted by molar-refractivity contribution is 7.79. The van der Waals surface area contributed by atoms with Crippen molar-refractivity contribution in [2.24, 2.45) is 0 Å². The van der Waals surface area contributed by atoms with Crippen molar-refractivity contribution in [2.75, 3.05) is 5.32 Å². The molecule has 1 aromatic rings. The molecule has 1 rings (SSSR count). The van der Waals surface area contributed by atoms with Gasteiger partial charge in [-0.15, -0.1) is 0 Å². The van der Waals surface area contributed by atoms with E-state index in [9.17, 15) is 13.6 Å². The third kappa shape index (κ3) is 3.14. The number of rotatable bonds is 3. The van der Waals surface area contributed by atoms with E-state index < -0.39 is 11.1 Å². The highest BCUT2D eigenvalue weighted by Gasteiger charge is 2.03. The summed E-state index contributed by atoms with van der Waals surface area (Å²) < 4.78 is 21.4. The van der Waals surface area contributed by atoms with Crippen molar-refractivity contribution in [1.29, 1.82) is 0 Å². The molecule has 0 aromatic heterocycles. The maximum atomic E-state index is 11.1. The number of hydrogen-bond donors (Lipinski definition) is 1. The van der Waals surface area contributed by atoms with Crippen molar-refractivity contribution in [1.82, 2.24) is 0 Å². The minimum Gasteiger partial charge on any atom is -0.768 e. The lowest BCUT2D eigenvalue weighted by atomic mass is 10.2. The van der Waals surface area contributed by atoms with Crippen LogP contribution in [0.3, 0.4) is 0 Å². The van der Waals surface area contributed by atoms with Crippen LogP contribution in [-0.4, -0.2) is 14.7 Å². The van der Waals surface area contributed by atoms with Crippen molar-refractivity contribution in [3.8, 4) is 0 Å². The lowest BCUT2D eigenvalue weighted by Crippen LogP contribution is -2.10. The first-order chi connectivity index (χ1) is 7.04. The molecule has 15 heavy (non-hydrogen) atoms. The molecule has 0 aliphatic rings. The summed E-state index contributed by atoms with van der Waals surface area (Å²) in [5.74, 6) is -0.132. The number of aryl methyl sites for hydroxylation is 1. The van der Waals surface area contributed by atoms with Crippen LogP contribution in [0.2, 0.25) is 0 Å². The van der Waals surface area contributed by atoms with E-state index >= 15 is 0 Å². The second-order valence-corrected chi connectivity index (χ2v) is 4.05. The number of benzene rings is 1. The normalized spacial score (nSPS) is 12.2. The Morgan fingerprint density at radius 2 is 2.20 bits per heavy atom. The molecule has 82 valence electrons. The topological polar surface area (TPSA) is 69.2 Å². The summed E-state index contributed by atoms with van der Waals surface area (Å²) in [5, 5.41) is 2.64. The number of nitrogens with one attached hydrogen (secondary N) is 1. The molecule has 1 N–H and O–H groups in total. The molecule has 1 amide bonds. The minimum atomic E-state index is -2.27. The molecule has 0 aliphatic heterocycles. The Bertz CT molecular complexity index is 404. The third-order valence-electron chi connectivity index (χ3n) is 2.00. The van der Waals surface area contributed by atoms with Gasteiger partial charge in [0.1, 0.15) is 0 Å². The summed E-state index contributed by atoms with van der Waals surface area (Å²) in [6.07, 6.45) is 0.365. The highest BCUT2D eigenvalue weighted by atomic mass is 32.2. The molecule has 1 atom stereocenters. The first-order valence-corrected chi connectivity index (χ1v) is 5.62. The predicted molar refractivity (Wildman–Crippen MR) is 57.3 cm³/mol. The van der Waals surface area contributed by atoms with Crippen LogP contribution in [-0.2, 0) is 15.9 Å². The van der Waals surface area contributed by atoms with Crippen LogP contribution >= 0.6 is 0 Å². The molecule has 1 unspecified atom stereocenters. The second-order valence-electron chi connectivity index (χ2n) is 3.11. The highest BCUT2D eigenvalue weighted by Crippen LogP contribution is 2.18. The fourth-order valence-electron chi connectivity index (χ4n) is 1.08. The molecule has 5 heteroatoms. The van der Waals surface area contributed by atoms with E-state index in [1.54, 1.807) is 13.0 Å². The lowest BCUT2D eigenvalue weighted by molar-refractivity contribution is -0.115. The van der Waals surface area contributed by atoms with E-state index in [-0.39, 0.29) is 10.8 Å². The maximum absolute atomic E-state index is 11.1. The summed E-state index contributed by atoms with van der Waals surface area (Å²) in [4.78, 5) is 11.3. The fourth-order valence-corrected chi connectivity index (χ4v) is 1.47. The number of carbonyl (C=O) groups excluding carboxylic acids is 1. The van der Waals surface area contributed by atoms with Gasteiger partial charge >= 0.3 is 0 Å². The smallest absolute Gasteiger partial charge is 0.224 e. The van der Waals surface area contributed by atoms with E-state index in [1.165, 1.54) is 12.1 Å². The second kappa shape index (κ2) is 5.04. The summed E-state index contributed by atoms with van der Waals surface area (Å²) in [6.45, 7) is 3.54. The summed E-state index contributed by atoms with van der Waals surface area (Å²) in [7, 11) is 0. The fraction of sp³-hybridized carbons (Fsp3) is 0.300. The van der Waals surface area contributed by atoms with Gasteiger partial charge in [-0.1, -0.05) is 13.0 Å². The van der Waals surface area contributed by atoms with Crippen LogP contribution in [0.15, 0.2) is 23.1 Å². The molecule has 1 aromatic carbocycles. The van der Waals surface area contributed by atoms with Gasteiger partial charge in [0.15, 0.2) is 0 Å². The van der Waals surface area contributed by atoms with Crippen molar-refractivity contribution in [3.05, 3.63) is 23.8 Å². The van der Waals surface area contributed by atoms with Crippen LogP contribution in [0, 0.1) is 6.92 Å². The number of anilines is 1. The van der Waals surface area contributed by atoms with Crippen molar-refractivity contribution in [3.63, 3.8) is 0 Å². The molecule has 0 saturated heterocycles. The Balaban J connectivity index is 3.00. The van der Waals surface area contributed by atoms with Crippen LogP contribution in [0.5, 0.6) is 0 Å². The lowest BCUT2D eigenvalue weighted by Gasteiger charge is -2.11. The standard InChI is InChI=1S/C10H13NO3S/c1-3-10(12)11-9-6-8(15(13)14)5-4-7(9)2/h4-6H,3H2,1-2H3,(H,11,12)(H,13,14)/p-1. The van der Waals surface area contributed by atoms with Crippen molar-refractivity contribution < 1.29 is 13.6 Å². The molecule has 4 nitrogen and oxygen atoms in total. The first kappa shape index (κ1) is 11.9. The van der Waals surface area contributed by atoms with Gasteiger partial charge in [-0.25, -0.2) is 0 Å². The number of hydrogen-bond acceptors (Lipinski definition) is 3. The Hall–Kier alpha value is -1.20. The maximum Gasteiger partial charge on any atom is 0.224 e. The summed E-state index contributed by atoms with van der Waals surface area (Å²) in [6, 6.07) is 4.61. The molecule has 0 saturated carbocycles. The van der Waals surface area contributed by atoms with Crippen LogP contribution in [0.25, 0.3) is 0 Å². The zero-order chi connectivity index (χ0) is 11.4. The van der Waals surface area contributed by atoms with Crippen LogP contribution < -0.4 is 5.32 Å². The Labute approximate surface area is 91.0 Å². The molecular weight excluding hydrogens is 214 g/mol. The van der Waals surface area contributed by atoms with E-state index in [2.05, 4.69) is 5.32 Å². The van der Waals surface area contributed by atoms with Crippen LogP contribution in [0.1, 0.15) is 18.9 Å². The monoisotopic (exact) mass is 226 g/mol. The minimum absolute atomic E-state index is 0.132. The molecule has 0 spiro atoms. The molecular formula is C10H12NO3S-. The van der Waals surface area contributed by atoms with Gasteiger partial charge in [-0.3, -0.25) is 9.00 Å². The molecule has 0 bridgehead atoms. The molecule has 0 fully saturated rings. The Morgan fingerprint density at radius 3 is 2.73 bits per heavy atom. The quantitative estimate of drug-likeness (QED) is 0.795. The van der Waals surface area contributed by atoms with E-state index in [0.717, 1.165) is 5.56 Å². The van der Waals surface area contributed by atoms with Gasteiger partial charge in [0.25, 0.3) is 0 Å². The van der Waals surface area contributed by atoms with E-state index in [1.807, 2.05) is 6.92 Å². The first-order valence-electron chi connectivity index (χ1n) is 4.54. The predicted octanol–water partition coefficient (Wildman–Crippen LogP) is 1.58. The van der Waals surface area contributed by atoms with Gasteiger partial charge in [0.05, 0.1) is 0 Å². The SMILES string of the molecule is CCC(=O)Nc1cc(S(=O)[O-])ccc1C. The number of amides is 1. The van der Waals surface area contributed by atoms with Crippen molar-refractivity contribution >= 4 is 22.7 Å². The average Bonchev–Trinajstić information content (AvgIpc) is 2.20. The van der Waals surface area contributed by atoms with Gasteiger partial charge in [-0.2, -0.15) is 0 Å². The van der Waals surface area contributed by atoms with Gasteiger partial charge in [-0.05, 0) is 35.7 Å². The summed E-state index contributed by atoms with van der Waals surface area (Å²) in [5.41, 5.74) is 1.38. The zero-order valence-corrected chi connectivity index (χ0v) is 9.39. The largest absolute Gasteiger partial charge is 0.768 e.